The molecule has 0 atom stereocenters. The minimum absolute atomic E-state index is 0.0492. The standard InChI is InChI=1S/C28H22FN7O/c1-2-4-25(37)32-19-11-17(13-30-14-19)23-12-21-24(15-31-23)35-36-27(21)28-33-22-6-3-5-20(26(22)34-28)16-7-9-18(29)10-8-16/h3,5-15H,2,4H2,1H3,(H,32,37)(H,33,34)(H,35,36). The highest BCUT2D eigenvalue weighted by molar-refractivity contribution is 5.98. The molecule has 0 saturated carbocycles. The van der Waals surface area contributed by atoms with Crippen LogP contribution in [0.2, 0.25) is 0 Å². The molecule has 6 aromatic rings. The highest BCUT2D eigenvalue weighted by Gasteiger charge is 2.16. The fourth-order valence-electron chi connectivity index (χ4n) is 4.36. The molecule has 0 aliphatic heterocycles. The second-order valence-electron chi connectivity index (χ2n) is 8.74. The van der Waals surface area contributed by atoms with Gasteiger partial charge in [0.05, 0.1) is 40.3 Å². The molecule has 0 fully saturated rings. The van der Waals surface area contributed by atoms with E-state index in [1.807, 2.05) is 37.3 Å². The summed E-state index contributed by atoms with van der Waals surface area (Å²) >= 11 is 0. The van der Waals surface area contributed by atoms with Crippen LogP contribution in [0, 0.1) is 5.82 Å². The van der Waals surface area contributed by atoms with Gasteiger partial charge in [-0.2, -0.15) is 5.10 Å². The first-order chi connectivity index (χ1) is 18.1. The molecule has 0 bridgehead atoms. The number of para-hydroxylation sites is 1. The molecule has 3 N–H and O–H groups in total. The van der Waals surface area contributed by atoms with E-state index in [0.29, 0.717) is 29.3 Å². The van der Waals surface area contributed by atoms with Crippen molar-refractivity contribution < 1.29 is 9.18 Å². The summed E-state index contributed by atoms with van der Waals surface area (Å²) in [5.41, 5.74) is 6.90. The Balaban J connectivity index is 1.40. The molecule has 37 heavy (non-hydrogen) atoms. The Morgan fingerprint density at radius 3 is 2.70 bits per heavy atom. The normalized spacial score (nSPS) is 11.3. The Morgan fingerprint density at radius 2 is 1.86 bits per heavy atom. The van der Waals surface area contributed by atoms with Crippen molar-refractivity contribution in [2.45, 2.75) is 19.8 Å². The summed E-state index contributed by atoms with van der Waals surface area (Å²) in [6.07, 6.45) is 6.27. The quantitative estimate of drug-likeness (QED) is 0.260. The number of carbonyl (C=O) groups excluding carboxylic acids is 1. The van der Waals surface area contributed by atoms with E-state index >= 15 is 0 Å². The maximum Gasteiger partial charge on any atom is 0.224 e. The van der Waals surface area contributed by atoms with Crippen LogP contribution in [0.5, 0.6) is 0 Å². The van der Waals surface area contributed by atoms with Gasteiger partial charge in [0.1, 0.15) is 11.5 Å². The number of benzene rings is 2. The van der Waals surface area contributed by atoms with Crippen molar-refractivity contribution in [3.8, 4) is 33.9 Å². The molecule has 4 aromatic heterocycles. The fourth-order valence-corrected chi connectivity index (χ4v) is 4.36. The van der Waals surface area contributed by atoms with Crippen LogP contribution < -0.4 is 5.32 Å². The molecule has 0 spiro atoms. The number of carbonyl (C=O) groups is 1. The van der Waals surface area contributed by atoms with E-state index in [4.69, 9.17) is 4.98 Å². The van der Waals surface area contributed by atoms with Gasteiger partial charge in [-0.3, -0.25) is 19.9 Å². The summed E-state index contributed by atoms with van der Waals surface area (Å²) in [5.74, 6) is 0.272. The number of nitrogens with zero attached hydrogens (tertiary/aromatic N) is 4. The van der Waals surface area contributed by atoms with Crippen molar-refractivity contribution >= 4 is 33.5 Å². The fraction of sp³-hybridized carbons (Fsp3) is 0.107. The molecule has 182 valence electrons. The Bertz CT molecular complexity index is 1750. The first-order valence-electron chi connectivity index (χ1n) is 11.9. The molecule has 8 nitrogen and oxygen atoms in total. The minimum Gasteiger partial charge on any atom is -0.337 e. The molecule has 6 rings (SSSR count). The molecule has 2 aromatic carbocycles. The summed E-state index contributed by atoms with van der Waals surface area (Å²) < 4.78 is 13.5. The van der Waals surface area contributed by atoms with E-state index in [9.17, 15) is 9.18 Å². The number of aromatic nitrogens is 6. The van der Waals surface area contributed by atoms with Gasteiger partial charge in [0.2, 0.25) is 5.91 Å². The number of rotatable bonds is 6. The summed E-state index contributed by atoms with van der Waals surface area (Å²) in [7, 11) is 0. The third kappa shape index (κ3) is 4.31. The first-order valence-corrected chi connectivity index (χ1v) is 11.9. The smallest absolute Gasteiger partial charge is 0.224 e. The van der Waals surface area contributed by atoms with Crippen molar-refractivity contribution in [1.29, 1.82) is 0 Å². The van der Waals surface area contributed by atoms with Gasteiger partial charge in [0.15, 0.2) is 5.82 Å². The number of imidazole rings is 1. The van der Waals surface area contributed by atoms with Crippen LogP contribution in [0.3, 0.4) is 0 Å². The van der Waals surface area contributed by atoms with Crippen molar-refractivity contribution in [3.05, 3.63) is 79.0 Å². The molecule has 9 heteroatoms. The second kappa shape index (κ2) is 9.27. The molecular weight excluding hydrogens is 469 g/mol. The SMILES string of the molecule is CCCC(=O)Nc1cncc(-c2cc3c(-c4nc5c(-c6ccc(F)cc6)cccc5[nH]4)n[nH]c3cn2)c1. The van der Waals surface area contributed by atoms with Crippen molar-refractivity contribution in [2.24, 2.45) is 0 Å². The molecule has 4 heterocycles. The van der Waals surface area contributed by atoms with Crippen molar-refractivity contribution in [2.75, 3.05) is 5.32 Å². The summed E-state index contributed by atoms with van der Waals surface area (Å²) in [4.78, 5) is 29.1. The maximum atomic E-state index is 13.5. The number of fused-ring (bicyclic) bond motifs is 2. The topological polar surface area (TPSA) is 112 Å². The third-order valence-electron chi connectivity index (χ3n) is 6.13. The molecular formula is C28H22FN7O. The number of anilines is 1. The summed E-state index contributed by atoms with van der Waals surface area (Å²) in [6, 6.07) is 16.0. The number of amides is 1. The van der Waals surface area contributed by atoms with E-state index in [0.717, 1.165) is 45.0 Å². The number of hydrogen-bond acceptors (Lipinski definition) is 5. The number of halogens is 1. The predicted octanol–water partition coefficient (Wildman–Crippen LogP) is 6.11. The Kier molecular flexibility index (Phi) is 5.65. The van der Waals surface area contributed by atoms with Crippen LogP contribution >= 0.6 is 0 Å². The lowest BCUT2D eigenvalue weighted by Gasteiger charge is -2.06. The van der Waals surface area contributed by atoms with E-state index in [1.54, 1.807) is 30.7 Å². The number of nitrogens with one attached hydrogen (secondary N) is 3. The maximum absolute atomic E-state index is 13.5. The number of hydrogen-bond donors (Lipinski definition) is 3. The largest absolute Gasteiger partial charge is 0.337 e. The lowest BCUT2D eigenvalue weighted by atomic mass is 10.0. The van der Waals surface area contributed by atoms with Gasteiger partial charge in [-0.25, -0.2) is 9.37 Å². The van der Waals surface area contributed by atoms with Gasteiger partial charge in [0, 0.05) is 29.1 Å². The molecule has 0 saturated heterocycles. The number of H-pyrrole nitrogens is 2. The van der Waals surface area contributed by atoms with Crippen molar-refractivity contribution in [3.63, 3.8) is 0 Å². The zero-order chi connectivity index (χ0) is 25.4. The van der Waals surface area contributed by atoms with Gasteiger partial charge in [-0.1, -0.05) is 31.2 Å². The van der Waals surface area contributed by atoms with Crippen LogP contribution in [0.25, 0.3) is 55.8 Å². The van der Waals surface area contributed by atoms with Gasteiger partial charge < -0.3 is 10.3 Å². The lowest BCUT2D eigenvalue weighted by Crippen LogP contribution is -2.10. The zero-order valence-corrected chi connectivity index (χ0v) is 19.9. The summed E-state index contributed by atoms with van der Waals surface area (Å²) in [5, 5.41) is 11.2. The van der Waals surface area contributed by atoms with Gasteiger partial charge in [-0.05, 0) is 42.3 Å². The van der Waals surface area contributed by atoms with E-state index in [1.165, 1.54) is 12.1 Å². The Labute approximate surface area is 211 Å². The van der Waals surface area contributed by atoms with E-state index in [2.05, 4.69) is 30.5 Å². The average Bonchev–Trinajstić information content (AvgIpc) is 3.53. The van der Waals surface area contributed by atoms with E-state index < -0.39 is 0 Å². The van der Waals surface area contributed by atoms with Crippen molar-refractivity contribution in [1.82, 2.24) is 30.1 Å². The first kappa shape index (κ1) is 22.5. The Hall–Kier alpha value is -4.92. The van der Waals surface area contributed by atoms with Gasteiger partial charge in [0.25, 0.3) is 0 Å². The van der Waals surface area contributed by atoms with Crippen LogP contribution in [-0.4, -0.2) is 36.0 Å². The van der Waals surface area contributed by atoms with Crippen LogP contribution in [-0.2, 0) is 4.79 Å². The molecule has 0 aliphatic carbocycles. The lowest BCUT2D eigenvalue weighted by molar-refractivity contribution is -0.116. The second-order valence-corrected chi connectivity index (χ2v) is 8.74. The third-order valence-corrected chi connectivity index (χ3v) is 6.13. The van der Waals surface area contributed by atoms with Crippen LogP contribution in [0.4, 0.5) is 10.1 Å². The number of aromatic amines is 2. The van der Waals surface area contributed by atoms with Gasteiger partial charge in [-0.15, -0.1) is 0 Å². The van der Waals surface area contributed by atoms with Crippen LogP contribution in [0.15, 0.2) is 73.2 Å². The molecule has 0 unspecified atom stereocenters. The molecule has 0 aliphatic rings. The molecule has 0 radical (unpaired) electrons. The monoisotopic (exact) mass is 491 g/mol. The predicted molar refractivity (Wildman–Crippen MR) is 141 cm³/mol. The zero-order valence-electron chi connectivity index (χ0n) is 19.9. The summed E-state index contributed by atoms with van der Waals surface area (Å²) in [6.45, 7) is 1.96. The molecule has 1 amide bonds. The Morgan fingerprint density at radius 1 is 1.00 bits per heavy atom. The highest BCUT2D eigenvalue weighted by Crippen LogP contribution is 2.32. The minimum atomic E-state index is -0.282. The van der Waals surface area contributed by atoms with E-state index in [-0.39, 0.29) is 11.7 Å². The van der Waals surface area contributed by atoms with Gasteiger partial charge >= 0.3 is 0 Å². The highest BCUT2D eigenvalue weighted by atomic mass is 19.1. The number of pyridine rings is 2. The van der Waals surface area contributed by atoms with Crippen LogP contribution in [0.1, 0.15) is 19.8 Å². The average molecular weight is 492 g/mol.